The molecule has 0 spiro atoms. The number of H-pyrrole nitrogens is 1. The van der Waals surface area contributed by atoms with Crippen LogP contribution in [0.25, 0.3) is 0 Å². The van der Waals surface area contributed by atoms with Crippen LogP contribution >= 0.6 is 11.8 Å². The van der Waals surface area contributed by atoms with E-state index in [1.54, 1.807) is 30.5 Å². The standard InChI is InChI=1S/C17H16N2O3S/c1-17(2)16(21)15(23-11-5-6-19-14(20)8-11)12-7-10(9-18)3-4-13(12)22-17/h3-8,15-16,21H,1-2H3,(H,19,20). The Bertz CT molecular complexity index is 838. The van der Waals surface area contributed by atoms with Crippen molar-refractivity contribution in [3.8, 4) is 11.8 Å². The molecule has 6 heteroatoms. The maximum Gasteiger partial charge on any atom is 0.249 e. The van der Waals surface area contributed by atoms with Crippen molar-refractivity contribution in [3.05, 3.63) is 58.0 Å². The van der Waals surface area contributed by atoms with Gasteiger partial charge in [-0.2, -0.15) is 5.26 Å². The molecule has 1 aromatic heterocycles. The SMILES string of the molecule is CC1(C)Oc2ccc(C#N)cc2C(Sc2cc[nH]c(=O)c2)C1O. The molecule has 0 saturated heterocycles. The van der Waals surface area contributed by atoms with E-state index in [2.05, 4.69) is 11.1 Å². The number of nitrogens with one attached hydrogen (secondary N) is 1. The van der Waals surface area contributed by atoms with Crippen molar-refractivity contribution < 1.29 is 9.84 Å². The molecule has 118 valence electrons. The minimum Gasteiger partial charge on any atom is -0.485 e. The molecule has 0 fully saturated rings. The summed E-state index contributed by atoms with van der Waals surface area (Å²) in [7, 11) is 0. The van der Waals surface area contributed by atoms with Crippen molar-refractivity contribution >= 4 is 11.8 Å². The van der Waals surface area contributed by atoms with Gasteiger partial charge in [0.2, 0.25) is 5.56 Å². The third-order valence-electron chi connectivity index (χ3n) is 3.83. The molecule has 1 aliphatic rings. The average molecular weight is 328 g/mol. The highest BCUT2D eigenvalue weighted by Gasteiger charge is 2.43. The van der Waals surface area contributed by atoms with Crippen LogP contribution in [-0.2, 0) is 0 Å². The summed E-state index contributed by atoms with van der Waals surface area (Å²) in [6, 6.07) is 10.6. The Morgan fingerprint density at radius 3 is 2.83 bits per heavy atom. The molecule has 2 N–H and O–H groups in total. The number of aliphatic hydroxyl groups excluding tert-OH is 1. The molecule has 0 bridgehead atoms. The Hall–Kier alpha value is -2.23. The minimum absolute atomic E-state index is 0.193. The summed E-state index contributed by atoms with van der Waals surface area (Å²) in [6.45, 7) is 3.65. The number of nitrogens with zero attached hydrogens (tertiary/aromatic N) is 1. The molecule has 5 nitrogen and oxygen atoms in total. The van der Waals surface area contributed by atoms with Crippen LogP contribution in [0.5, 0.6) is 5.75 Å². The van der Waals surface area contributed by atoms with E-state index in [-0.39, 0.29) is 10.8 Å². The monoisotopic (exact) mass is 328 g/mol. The fraction of sp³-hybridized carbons (Fsp3) is 0.294. The second-order valence-electron chi connectivity index (χ2n) is 5.94. The van der Waals surface area contributed by atoms with Crippen molar-refractivity contribution in [3.63, 3.8) is 0 Å². The van der Waals surface area contributed by atoms with E-state index >= 15 is 0 Å². The van der Waals surface area contributed by atoms with Crippen molar-refractivity contribution in [1.82, 2.24) is 4.98 Å². The van der Waals surface area contributed by atoms with E-state index in [0.29, 0.717) is 11.3 Å². The number of pyridine rings is 1. The number of hydrogen-bond acceptors (Lipinski definition) is 5. The fourth-order valence-corrected chi connectivity index (χ4v) is 3.97. The highest BCUT2D eigenvalue weighted by molar-refractivity contribution is 7.99. The number of nitriles is 1. The molecule has 1 aliphatic heterocycles. The maximum absolute atomic E-state index is 11.5. The van der Waals surface area contributed by atoms with E-state index in [9.17, 15) is 9.90 Å². The van der Waals surface area contributed by atoms with Gasteiger partial charge in [-0.25, -0.2) is 0 Å². The number of aliphatic hydroxyl groups is 1. The Kier molecular flexibility index (Phi) is 3.92. The molecule has 0 saturated carbocycles. The lowest BCUT2D eigenvalue weighted by molar-refractivity contribution is -0.0429. The average Bonchev–Trinajstić information content (AvgIpc) is 2.51. The zero-order chi connectivity index (χ0) is 16.6. The first-order chi connectivity index (χ1) is 10.9. The van der Waals surface area contributed by atoms with Crippen molar-refractivity contribution in [1.29, 1.82) is 5.26 Å². The topological polar surface area (TPSA) is 86.1 Å². The minimum atomic E-state index is -0.784. The number of hydrogen-bond donors (Lipinski definition) is 2. The number of ether oxygens (including phenoxy) is 1. The summed E-state index contributed by atoms with van der Waals surface area (Å²) in [5.41, 5.74) is 0.318. The number of aromatic amines is 1. The molecule has 1 aromatic carbocycles. The summed E-state index contributed by atoms with van der Waals surface area (Å²) in [5, 5.41) is 19.5. The zero-order valence-electron chi connectivity index (χ0n) is 12.7. The number of thioether (sulfide) groups is 1. The first-order valence-corrected chi connectivity index (χ1v) is 8.05. The van der Waals surface area contributed by atoms with E-state index in [1.165, 1.54) is 17.8 Å². The Morgan fingerprint density at radius 1 is 1.35 bits per heavy atom. The predicted molar refractivity (Wildman–Crippen MR) is 87.5 cm³/mol. The molecule has 2 heterocycles. The lowest BCUT2D eigenvalue weighted by Gasteiger charge is -2.41. The molecular formula is C17H16N2O3S. The summed E-state index contributed by atoms with van der Waals surface area (Å²) in [6.07, 6.45) is 0.793. The first-order valence-electron chi connectivity index (χ1n) is 7.17. The molecule has 2 unspecified atom stereocenters. The van der Waals surface area contributed by atoms with E-state index in [0.717, 1.165) is 10.5 Å². The van der Waals surface area contributed by atoms with Gasteiger partial charge in [-0.15, -0.1) is 11.8 Å². The van der Waals surface area contributed by atoms with Gasteiger partial charge in [0.1, 0.15) is 17.5 Å². The number of fused-ring (bicyclic) bond motifs is 1. The van der Waals surface area contributed by atoms with Gasteiger partial charge in [-0.05, 0) is 38.1 Å². The van der Waals surface area contributed by atoms with Gasteiger partial charge in [0.05, 0.1) is 16.9 Å². The molecular weight excluding hydrogens is 312 g/mol. The zero-order valence-corrected chi connectivity index (χ0v) is 13.6. The normalized spacial score (nSPS) is 21.8. The van der Waals surface area contributed by atoms with Gasteiger partial charge in [0, 0.05) is 22.7 Å². The van der Waals surface area contributed by atoms with Crippen LogP contribution in [0.3, 0.4) is 0 Å². The fourth-order valence-electron chi connectivity index (χ4n) is 2.58. The lowest BCUT2D eigenvalue weighted by Crippen LogP contribution is -2.48. The van der Waals surface area contributed by atoms with Gasteiger partial charge < -0.3 is 14.8 Å². The van der Waals surface area contributed by atoms with Crippen LogP contribution < -0.4 is 10.3 Å². The van der Waals surface area contributed by atoms with E-state index in [1.807, 2.05) is 13.8 Å². The second-order valence-corrected chi connectivity index (χ2v) is 7.16. The van der Waals surface area contributed by atoms with Crippen molar-refractivity contribution in [2.45, 2.75) is 35.7 Å². The quantitative estimate of drug-likeness (QED) is 0.885. The summed E-state index contributed by atoms with van der Waals surface area (Å²) in [4.78, 5) is 14.8. The molecule has 0 radical (unpaired) electrons. The first kappa shape index (κ1) is 15.7. The maximum atomic E-state index is 11.5. The smallest absolute Gasteiger partial charge is 0.249 e. The van der Waals surface area contributed by atoms with E-state index < -0.39 is 11.7 Å². The lowest BCUT2D eigenvalue weighted by atomic mass is 9.90. The van der Waals surface area contributed by atoms with Crippen LogP contribution in [0, 0.1) is 11.3 Å². The molecule has 0 amide bonds. The summed E-state index contributed by atoms with van der Waals surface area (Å²) >= 11 is 1.39. The van der Waals surface area contributed by atoms with Crippen molar-refractivity contribution in [2.24, 2.45) is 0 Å². The molecule has 23 heavy (non-hydrogen) atoms. The molecule has 3 rings (SSSR count). The van der Waals surface area contributed by atoms with Gasteiger partial charge in [-0.1, -0.05) is 0 Å². The molecule has 0 aliphatic carbocycles. The highest BCUT2D eigenvalue weighted by atomic mass is 32.2. The second kappa shape index (κ2) is 5.76. The Labute approximate surface area is 137 Å². The molecule has 2 atom stereocenters. The molecule has 2 aromatic rings. The third kappa shape index (κ3) is 2.98. The van der Waals surface area contributed by atoms with Crippen LogP contribution in [0.4, 0.5) is 0 Å². The van der Waals surface area contributed by atoms with Gasteiger partial charge >= 0.3 is 0 Å². The predicted octanol–water partition coefficient (Wildman–Crippen LogP) is 2.61. The van der Waals surface area contributed by atoms with Crippen LogP contribution in [0.2, 0.25) is 0 Å². The van der Waals surface area contributed by atoms with Crippen molar-refractivity contribution in [2.75, 3.05) is 0 Å². The largest absolute Gasteiger partial charge is 0.485 e. The Balaban J connectivity index is 2.07. The van der Waals surface area contributed by atoms with Crippen LogP contribution in [0.1, 0.15) is 30.2 Å². The van der Waals surface area contributed by atoms with Gasteiger partial charge in [0.15, 0.2) is 0 Å². The number of rotatable bonds is 2. The summed E-state index contributed by atoms with van der Waals surface area (Å²) < 4.78 is 5.88. The Morgan fingerprint density at radius 2 is 2.13 bits per heavy atom. The van der Waals surface area contributed by atoms with Gasteiger partial charge in [0.25, 0.3) is 0 Å². The number of aromatic nitrogens is 1. The highest BCUT2D eigenvalue weighted by Crippen LogP contribution is 2.49. The van der Waals surface area contributed by atoms with Crippen LogP contribution in [0.15, 0.2) is 46.2 Å². The van der Waals surface area contributed by atoms with Gasteiger partial charge in [-0.3, -0.25) is 4.79 Å². The number of benzene rings is 1. The van der Waals surface area contributed by atoms with Crippen LogP contribution in [-0.4, -0.2) is 21.8 Å². The summed E-state index contributed by atoms with van der Waals surface area (Å²) in [5.74, 6) is 0.654. The third-order valence-corrected chi connectivity index (χ3v) is 5.12. The van der Waals surface area contributed by atoms with E-state index in [4.69, 9.17) is 10.00 Å².